The van der Waals surface area contributed by atoms with E-state index in [2.05, 4.69) is 4.74 Å². The highest BCUT2D eigenvalue weighted by molar-refractivity contribution is 5.85. The summed E-state index contributed by atoms with van der Waals surface area (Å²) in [6.45, 7) is 1.51. The highest BCUT2D eigenvalue weighted by atomic mass is 35.5. The molecule has 4 nitrogen and oxygen atoms in total. The van der Waals surface area contributed by atoms with Crippen LogP contribution in [0.25, 0.3) is 0 Å². The Labute approximate surface area is 151 Å². The molecule has 0 aliphatic rings. The van der Waals surface area contributed by atoms with E-state index in [1.807, 2.05) is 30.3 Å². The van der Waals surface area contributed by atoms with Crippen LogP contribution in [0.5, 0.6) is 5.75 Å². The van der Waals surface area contributed by atoms with Gasteiger partial charge in [-0.1, -0.05) is 48.5 Å². The van der Waals surface area contributed by atoms with Gasteiger partial charge in [0.05, 0.1) is 6.61 Å². The molecule has 2 aromatic carbocycles. The number of para-hydroxylation sites is 1. The first-order valence-corrected chi connectivity index (χ1v) is 7.53. The molecule has 0 aliphatic carbocycles. The third kappa shape index (κ3) is 5.14. The van der Waals surface area contributed by atoms with E-state index in [0.29, 0.717) is 0 Å². The van der Waals surface area contributed by atoms with Crippen molar-refractivity contribution in [2.45, 2.75) is 25.5 Å². The average molecular weight is 372 g/mol. The van der Waals surface area contributed by atoms with Crippen molar-refractivity contribution in [2.75, 3.05) is 6.61 Å². The standard InChI is InChI=1S/C18H19F2NO3.ClH/c1-2-23-17(22)18(19,20)16(21)14-10-6-7-11-15(14)24-12-13-8-4-3-5-9-13;/h3-11,16H,2,12,21H2,1H3;1H/t16-;/m1./s1. The van der Waals surface area contributed by atoms with Crippen LogP contribution >= 0.6 is 12.4 Å². The normalized spacial score (nSPS) is 12.0. The smallest absolute Gasteiger partial charge is 0.379 e. The number of halogens is 3. The Balaban J connectivity index is 0.00000312. The van der Waals surface area contributed by atoms with Crippen LogP contribution in [0.3, 0.4) is 0 Å². The van der Waals surface area contributed by atoms with Gasteiger partial charge in [-0.15, -0.1) is 12.4 Å². The van der Waals surface area contributed by atoms with Crippen molar-refractivity contribution in [2.24, 2.45) is 5.73 Å². The predicted octanol–water partition coefficient (Wildman–Crippen LogP) is 3.89. The largest absolute Gasteiger partial charge is 0.489 e. The lowest BCUT2D eigenvalue weighted by atomic mass is 10.0. The molecule has 2 N–H and O–H groups in total. The predicted molar refractivity (Wildman–Crippen MR) is 93.0 cm³/mol. The summed E-state index contributed by atoms with van der Waals surface area (Å²) >= 11 is 0. The molecule has 0 amide bonds. The van der Waals surface area contributed by atoms with Crippen molar-refractivity contribution < 1.29 is 23.0 Å². The Morgan fingerprint density at radius 2 is 1.72 bits per heavy atom. The zero-order chi connectivity index (χ0) is 17.6. The first kappa shape index (κ1) is 20.9. The van der Waals surface area contributed by atoms with Gasteiger partial charge in [-0.05, 0) is 18.6 Å². The van der Waals surface area contributed by atoms with Gasteiger partial charge in [-0.2, -0.15) is 8.78 Å². The lowest BCUT2D eigenvalue weighted by molar-refractivity contribution is -0.174. The molecule has 2 rings (SSSR count). The van der Waals surface area contributed by atoms with Crippen LogP contribution in [-0.2, 0) is 16.1 Å². The van der Waals surface area contributed by atoms with Crippen LogP contribution in [0.1, 0.15) is 24.1 Å². The van der Waals surface area contributed by atoms with Gasteiger partial charge in [0, 0.05) is 5.56 Å². The topological polar surface area (TPSA) is 61.5 Å². The number of hydrogen-bond acceptors (Lipinski definition) is 4. The number of benzene rings is 2. The minimum atomic E-state index is -3.85. The number of ether oxygens (including phenoxy) is 2. The van der Waals surface area contributed by atoms with Crippen LogP contribution in [0.2, 0.25) is 0 Å². The number of carbonyl (C=O) groups is 1. The van der Waals surface area contributed by atoms with Crippen molar-refractivity contribution in [1.82, 2.24) is 0 Å². The SMILES string of the molecule is CCOC(=O)C(F)(F)[C@H](N)c1ccccc1OCc1ccccc1.Cl. The Morgan fingerprint density at radius 3 is 2.36 bits per heavy atom. The summed E-state index contributed by atoms with van der Waals surface area (Å²) in [5.41, 5.74) is 6.58. The molecule has 0 aliphatic heterocycles. The summed E-state index contributed by atoms with van der Waals surface area (Å²) in [5.74, 6) is -5.28. The maximum Gasteiger partial charge on any atom is 0.379 e. The highest BCUT2D eigenvalue weighted by Crippen LogP contribution is 2.35. The fourth-order valence-electron chi connectivity index (χ4n) is 2.15. The molecule has 136 valence electrons. The van der Waals surface area contributed by atoms with Crippen molar-refractivity contribution in [1.29, 1.82) is 0 Å². The van der Waals surface area contributed by atoms with Gasteiger partial charge >= 0.3 is 11.9 Å². The minimum Gasteiger partial charge on any atom is -0.489 e. The molecular formula is C18H20ClF2NO3. The molecule has 0 fully saturated rings. The average Bonchev–Trinajstić information content (AvgIpc) is 2.60. The second-order valence-electron chi connectivity index (χ2n) is 5.13. The minimum absolute atomic E-state index is 0. The number of hydrogen-bond donors (Lipinski definition) is 1. The van der Waals surface area contributed by atoms with Crippen molar-refractivity contribution in [3.05, 3.63) is 65.7 Å². The summed E-state index contributed by atoms with van der Waals surface area (Å²) in [6, 6.07) is 13.6. The molecule has 7 heteroatoms. The summed E-state index contributed by atoms with van der Waals surface area (Å²) in [5, 5.41) is 0. The van der Waals surface area contributed by atoms with Crippen LogP contribution in [0, 0.1) is 0 Å². The summed E-state index contributed by atoms with van der Waals surface area (Å²) in [7, 11) is 0. The molecule has 0 radical (unpaired) electrons. The second-order valence-corrected chi connectivity index (χ2v) is 5.13. The summed E-state index contributed by atoms with van der Waals surface area (Å²) in [4.78, 5) is 11.5. The fourth-order valence-corrected chi connectivity index (χ4v) is 2.15. The van der Waals surface area contributed by atoms with Crippen molar-refractivity contribution >= 4 is 18.4 Å². The zero-order valence-electron chi connectivity index (χ0n) is 13.7. The molecule has 2 aromatic rings. The highest BCUT2D eigenvalue weighted by Gasteiger charge is 2.48. The first-order valence-electron chi connectivity index (χ1n) is 7.53. The van der Waals surface area contributed by atoms with Crippen LogP contribution in [0.4, 0.5) is 8.78 Å². The molecule has 0 saturated carbocycles. The molecule has 0 heterocycles. The van der Waals surface area contributed by atoms with Gasteiger partial charge in [-0.25, -0.2) is 4.79 Å². The Morgan fingerprint density at radius 1 is 1.12 bits per heavy atom. The van der Waals surface area contributed by atoms with E-state index < -0.39 is 17.9 Å². The lowest BCUT2D eigenvalue weighted by Gasteiger charge is -2.23. The van der Waals surface area contributed by atoms with E-state index >= 15 is 0 Å². The monoisotopic (exact) mass is 371 g/mol. The van der Waals surface area contributed by atoms with E-state index in [0.717, 1.165) is 5.56 Å². The van der Waals surface area contributed by atoms with E-state index in [4.69, 9.17) is 10.5 Å². The molecule has 0 unspecified atom stereocenters. The summed E-state index contributed by atoms with van der Waals surface area (Å²) < 4.78 is 38.4. The van der Waals surface area contributed by atoms with E-state index in [1.54, 1.807) is 18.2 Å². The van der Waals surface area contributed by atoms with Gasteiger partial charge < -0.3 is 15.2 Å². The Hall–Kier alpha value is -2.18. The maximum atomic E-state index is 14.2. The Kier molecular flexibility index (Phi) is 7.80. The fraction of sp³-hybridized carbons (Fsp3) is 0.278. The van der Waals surface area contributed by atoms with Gasteiger partial charge in [-0.3, -0.25) is 0 Å². The molecule has 0 aromatic heterocycles. The van der Waals surface area contributed by atoms with Gasteiger partial charge in [0.1, 0.15) is 18.4 Å². The summed E-state index contributed by atoms with van der Waals surface area (Å²) in [6.07, 6.45) is 0. The van der Waals surface area contributed by atoms with Crippen LogP contribution in [0.15, 0.2) is 54.6 Å². The molecule has 1 atom stereocenters. The van der Waals surface area contributed by atoms with Crippen LogP contribution in [-0.4, -0.2) is 18.5 Å². The van der Waals surface area contributed by atoms with Crippen molar-refractivity contribution in [3.8, 4) is 5.75 Å². The van der Waals surface area contributed by atoms with E-state index in [1.165, 1.54) is 13.0 Å². The first-order chi connectivity index (χ1) is 11.5. The molecule has 0 spiro atoms. The van der Waals surface area contributed by atoms with Gasteiger partial charge in [0.25, 0.3) is 0 Å². The number of carbonyl (C=O) groups excluding carboxylic acids is 1. The number of esters is 1. The molecular weight excluding hydrogens is 352 g/mol. The molecule has 25 heavy (non-hydrogen) atoms. The van der Waals surface area contributed by atoms with Crippen LogP contribution < -0.4 is 10.5 Å². The molecule has 0 bridgehead atoms. The third-order valence-electron chi connectivity index (χ3n) is 3.43. The van der Waals surface area contributed by atoms with Gasteiger partial charge in [0.15, 0.2) is 0 Å². The van der Waals surface area contributed by atoms with E-state index in [9.17, 15) is 13.6 Å². The van der Waals surface area contributed by atoms with Gasteiger partial charge in [0.2, 0.25) is 0 Å². The Bertz CT molecular complexity index is 683. The number of nitrogens with two attached hydrogens (primary N) is 1. The molecule has 0 saturated heterocycles. The lowest BCUT2D eigenvalue weighted by Crippen LogP contribution is -2.41. The zero-order valence-corrected chi connectivity index (χ0v) is 14.5. The quantitative estimate of drug-likeness (QED) is 0.750. The van der Waals surface area contributed by atoms with E-state index in [-0.39, 0.29) is 36.9 Å². The second kappa shape index (κ2) is 9.34. The van der Waals surface area contributed by atoms with Crippen molar-refractivity contribution in [3.63, 3.8) is 0 Å². The number of rotatable bonds is 7. The maximum absolute atomic E-state index is 14.2. The number of alkyl halides is 2. The third-order valence-corrected chi connectivity index (χ3v) is 3.43.